The van der Waals surface area contributed by atoms with E-state index in [0.717, 1.165) is 0 Å². The molecule has 1 amide bonds. The van der Waals surface area contributed by atoms with Gasteiger partial charge in [-0.25, -0.2) is 0 Å². The molecule has 1 N–H and O–H groups in total. The summed E-state index contributed by atoms with van der Waals surface area (Å²) in [6, 6.07) is 12.7. The lowest BCUT2D eigenvalue weighted by atomic mass is 9.99. The number of nitrogens with zero attached hydrogens (tertiary/aromatic N) is 1. The van der Waals surface area contributed by atoms with E-state index in [9.17, 15) is 14.7 Å². The van der Waals surface area contributed by atoms with E-state index in [-0.39, 0.29) is 24.0 Å². The van der Waals surface area contributed by atoms with Gasteiger partial charge in [0.25, 0.3) is 11.7 Å². The number of ether oxygens (including phenoxy) is 1. The summed E-state index contributed by atoms with van der Waals surface area (Å²) in [5.41, 5.74) is 0.379. The second kappa shape index (κ2) is 8.18. The summed E-state index contributed by atoms with van der Waals surface area (Å²) in [6.07, 6.45) is 1.51. The van der Waals surface area contributed by atoms with Crippen LogP contribution in [-0.4, -0.2) is 27.8 Å². The van der Waals surface area contributed by atoms with Gasteiger partial charge >= 0.3 is 0 Å². The fourth-order valence-corrected chi connectivity index (χ4v) is 3.63. The molecule has 1 aromatic carbocycles. The third kappa shape index (κ3) is 3.99. The second-order valence-electron chi connectivity index (χ2n) is 7.65. The van der Waals surface area contributed by atoms with Crippen LogP contribution in [0.1, 0.15) is 42.7 Å². The monoisotopic (exact) mass is 421 g/mol. The molecule has 160 valence electrons. The molecule has 1 atom stereocenters. The maximum Gasteiger partial charge on any atom is 0.296 e. The first-order valence-electron chi connectivity index (χ1n) is 9.99. The zero-order chi connectivity index (χ0) is 22.1. The largest absolute Gasteiger partial charge is 0.507 e. The summed E-state index contributed by atoms with van der Waals surface area (Å²) >= 11 is 0. The minimum atomic E-state index is -0.870. The Kier molecular flexibility index (Phi) is 5.42. The molecule has 7 nitrogen and oxygen atoms in total. The van der Waals surface area contributed by atoms with Crippen molar-refractivity contribution in [1.29, 1.82) is 0 Å². The molecule has 1 unspecified atom stereocenters. The quantitative estimate of drug-likeness (QED) is 0.355. The molecule has 0 radical (unpaired) electrons. The van der Waals surface area contributed by atoms with Crippen molar-refractivity contribution in [3.05, 3.63) is 83.2 Å². The van der Waals surface area contributed by atoms with Crippen molar-refractivity contribution in [1.82, 2.24) is 4.90 Å². The fraction of sp³-hybridized carbons (Fsp3) is 0.250. The Morgan fingerprint density at radius 3 is 2.45 bits per heavy atom. The van der Waals surface area contributed by atoms with Crippen LogP contribution >= 0.6 is 0 Å². The van der Waals surface area contributed by atoms with E-state index in [2.05, 4.69) is 0 Å². The topological polar surface area (TPSA) is 93.1 Å². The third-order valence-corrected chi connectivity index (χ3v) is 4.98. The predicted molar refractivity (Wildman–Crippen MR) is 112 cm³/mol. The van der Waals surface area contributed by atoms with E-state index < -0.39 is 17.7 Å². The van der Waals surface area contributed by atoms with Crippen LogP contribution in [0.3, 0.4) is 0 Å². The Hall–Kier alpha value is -3.74. The first-order chi connectivity index (χ1) is 14.8. The minimum Gasteiger partial charge on any atom is -0.507 e. The number of likely N-dealkylation sites (tertiary alicyclic amines) is 1. The van der Waals surface area contributed by atoms with Gasteiger partial charge in [0.2, 0.25) is 0 Å². The van der Waals surface area contributed by atoms with Crippen LogP contribution in [0.25, 0.3) is 5.76 Å². The number of furan rings is 2. The number of hydrogen-bond donors (Lipinski definition) is 1. The van der Waals surface area contributed by atoms with Crippen LogP contribution in [-0.2, 0) is 16.1 Å². The molecular weight excluding hydrogens is 398 g/mol. The molecule has 0 aliphatic carbocycles. The van der Waals surface area contributed by atoms with E-state index in [1.807, 2.05) is 13.8 Å². The lowest BCUT2D eigenvalue weighted by Crippen LogP contribution is -2.28. The molecule has 1 aliphatic rings. The van der Waals surface area contributed by atoms with Gasteiger partial charge in [0.15, 0.2) is 0 Å². The van der Waals surface area contributed by atoms with Crippen molar-refractivity contribution in [3.63, 3.8) is 0 Å². The number of amides is 1. The minimum absolute atomic E-state index is 0.00793. The molecule has 3 aromatic rings. The number of ketones is 1. The van der Waals surface area contributed by atoms with E-state index in [4.69, 9.17) is 13.6 Å². The molecule has 31 heavy (non-hydrogen) atoms. The van der Waals surface area contributed by atoms with E-state index in [1.54, 1.807) is 55.5 Å². The van der Waals surface area contributed by atoms with Gasteiger partial charge in [0, 0.05) is 5.56 Å². The first-order valence-corrected chi connectivity index (χ1v) is 9.99. The Bertz CT molecular complexity index is 1120. The molecular formula is C24H23NO6. The Morgan fingerprint density at radius 1 is 1.13 bits per heavy atom. The average molecular weight is 421 g/mol. The van der Waals surface area contributed by atoms with Crippen molar-refractivity contribution >= 4 is 17.4 Å². The summed E-state index contributed by atoms with van der Waals surface area (Å²) < 4.78 is 16.7. The van der Waals surface area contributed by atoms with Crippen LogP contribution in [0.2, 0.25) is 0 Å². The van der Waals surface area contributed by atoms with Crippen LogP contribution < -0.4 is 4.74 Å². The molecule has 4 rings (SSSR count). The SMILES string of the molecule is Cc1ccc(C2/C(=C(/O)c3ccc(OC(C)C)cc3)C(=O)C(=O)N2Cc2ccco2)o1. The van der Waals surface area contributed by atoms with Crippen molar-refractivity contribution in [2.75, 3.05) is 0 Å². The standard InChI is InChI=1S/C24H23NO6/c1-14(2)30-17-9-7-16(8-10-17)22(26)20-21(19-11-6-15(3)31-19)25(24(28)23(20)27)13-18-5-4-12-29-18/h4-12,14,21,26H,13H2,1-3H3/b22-20-. The first kappa shape index (κ1) is 20.5. The molecule has 3 heterocycles. The van der Waals surface area contributed by atoms with Gasteiger partial charge in [-0.3, -0.25) is 9.59 Å². The number of carbonyl (C=O) groups is 2. The van der Waals surface area contributed by atoms with Crippen LogP contribution in [0.5, 0.6) is 5.75 Å². The average Bonchev–Trinajstić information content (AvgIpc) is 3.45. The number of aliphatic hydroxyl groups is 1. The Labute approximate surface area is 179 Å². The number of benzene rings is 1. The van der Waals surface area contributed by atoms with Crippen LogP contribution in [0, 0.1) is 6.92 Å². The molecule has 1 aliphatic heterocycles. The van der Waals surface area contributed by atoms with Crippen molar-refractivity contribution in [2.45, 2.75) is 39.5 Å². The Balaban J connectivity index is 1.78. The van der Waals surface area contributed by atoms with Crippen molar-refractivity contribution < 1.29 is 28.3 Å². The highest BCUT2D eigenvalue weighted by atomic mass is 16.5. The van der Waals surface area contributed by atoms with E-state index in [0.29, 0.717) is 28.6 Å². The highest BCUT2D eigenvalue weighted by Crippen LogP contribution is 2.41. The van der Waals surface area contributed by atoms with Crippen molar-refractivity contribution in [2.24, 2.45) is 0 Å². The normalized spacial score (nSPS) is 18.2. The van der Waals surface area contributed by atoms with Gasteiger partial charge in [-0.1, -0.05) is 0 Å². The Morgan fingerprint density at radius 2 is 1.87 bits per heavy atom. The molecule has 1 saturated heterocycles. The zero-order valence-electron chi connectivity index (χ0n) is 17.5. The molecule has 0 spiro atoms. The van der Waals surface area contributed by atoms with Crippen LogP contribution in [0.15, 0.2) is 69.2 Å². The van der Waals surface area contributed by atoms with E-state index in [1.165, 1.54) is 11.2 Å². The van der Waals surface area contributed by atoms with Crippen molar-refractivity contribution in [3.8, 4) is 5.75 Å². The van der Waals surface area contributed by atoms with Gasteiger partial charge in [-0.2, -0.15) is 0 Å². The predicted octanol–water partition coefficient (Wildman–Crippen LogP) is 4.59. The molecule has 7 heteroatoms. The number of aryl methyl sites for hydroxylation is 1. The molecule has 0 saturated carbocycles. The van der Waals surface area contributed by atoms with Gasteiger partial charge in [0.05, 0.1) is 24.5 Å². The number of carbonyl (C=O) groups excluding carboxylic acids is 2. The third-order valence-electron chi connectivity index (χ3n) is 4.98. The maximum absolute atomic E-state index is 13.0. The lowest BCUT2D eigenvalue weighted by Gasteiger charge is -2.22. The zero-order valence-corrected chi connectivity index (χ0v) is 17.5. The molecule has 0 bridgehead atoms. The van der Waals surface area contributed by atoms with E-state index >= 15 is 0 Å². The summed E-state index contributed by atoms with van der Waals surface area (Å²) in [7, 11) is 0. The maximum atomic E-state index is 13.0. The fourth-order valence-electron chi connectivity index (χ4n) is 3.63. The highest BCUT2D eigenvalue weighted by Gasteiger charge is 2.47. The smallest absolute Gasteiger partial charge is 0.296 e. The summed E-state index contributed by atoms with van der Waals surface area (Å²) in [5.74, 6) is 0.421. The van der Waals surface area contributed by atoms with Crippen LogP contribution in [0.4, 0.5) is 0 Å². The number of aliphatic hydroxyl groups excluding tert-OH is 1. The van der Waals surface area contributed by atoms with Gasteiger partial charge in [0.1, 0.15) is 34.8 Å². The lowest BCUT2D eigenvalue weighted by molar-refractivity contribution is -0.140. The molecule has 2 aromatic heterocycles. The van der Waals surface area contributed by atoms with Gasteiger partial charge < -0.3 is 23.6 Å². The number of hydrogen-bond acceptors (Lipinski definition) is 6. The summed E-state index contributed by atoms with van der Waals surface area (Å²) in [6.45, 7) is 5.68. The van der Waals surface area contributed by atoms with Gasteiger partial charge in [-0.15, -0.1) is 0 Å². The highest BCUT2D eigenvalue weighted by molar-refractivity contribution is 6.46. The summed E-state index contributed by atoms with van der Waals surface area (Å²) in [4.78, 5) is 27.2. The second-order valence-corrected chi connectivity index (χ2v) is 7.65. The molecule has 1 fully saturated rings. The number of rotatable bonds is 6. The number of Topliss-reactive ketones (excluding diaryl/α,β-unsaturated/α-hetero) is 1. The summed E-state index contributed by atoms with van der Waals surface area (Å²) in [5, 5.41) is 11.0. The van der Waals surface area contributed by atoms with Gasteiger partial charge in [-0.05, 0) is 69.3 Å².